The molecule has 0 amide bonds. The molecule has 0 unspecified atom stereocenters. The van der Waals surface area contributed by atoms with E-state index in [2.05, 4.69) is 15.4 Å². The van der Waals surface area contributed by atoms with E-state index in [9.17, 15) is 19.8 Å². The fraction of sp³-hybridized carbons (Fsp3) is 0.0667. The van der Waals surface area contributed by atoms with Crippen LogP contribution in [0, 0.1) is 6.92 Å². The number of phenols is 1. The Bertz CT molecular complexity index is 979. The molecule has 0 atom stereocenters. The van der Waals surface area contributed by atoms with Crippen LogP contribution < -0.4 is 5.32 Å². The van der Waals surface area contributed by atoms with E-state index in [0.29, 0.717) is 22.6 Å². The minimum atomic E-state index is -1.24. The molecule has 0 bridgehead atoms. The number of fused-ring (bicyclic) bond motifs is 1. The standard InChI is InChI=1S/C15H12N4O5/c1-7-10(15(23)24)5-19-12(7)13(16-6-17-19)18-8-2-3-9(14(21)22)11(20)4-8/h2-6,20H,1H3,(H,21,22)(H,23,24)(H,16,17,18). The minimum Gasteiger partial charge on any atom is -0.507 e. The number of aromatic nitrogens is 3. The summed E-state index contributed by atoms with van der Waals surface area (Å²) in [6, 6.07) is 3.97. The van der Waals surface area contributed by atoms with Crippen LogP contribution in [0.3, 0.4) is 0 Å². The maximum atomic E-state index is 11.2. The molecule has 0 spiro atoms. The smallest absolute Gasteiger partial charge is 0.339 e. The Labute approximate surface area is 134 Å². The van der Waals surface area contributed by atoms with Crippen LogP contribution >= 0.6 is 0 Å². The van der Waals surface area contributed by atoms with Gasteiger partial charge < -0.3 is 20.6 Å². The van der Waals surface area contributed by atoms with Crippen molar-refractivity contribution in [3.63, 3.8) is 0 Å². The predicted octanol–water partition coefficient (Wildman–Crippen LogP) is 1.88. The van der Waals surface area contributed by atoms with Crippen LogP contribution in [-0.4, -0.2) is 41.9 Å². The lowest BCUT2D eigenvalue weighted by molar-refractivity contribution is 0.0684. The van der Waals surface area contributed by atoms with Crippen molar-refractivity contribution in [1.29, 1.82) is 0 Å². The lowest BCUT2D eigenvalue weighted by Gasteiger charge is -2.09. The van der Waals surface area contributed by atoms with Gasteiger partial charge in [-0.15, -0.1) is 0 Å². The van der Waals surface area contributed by atoms with Crippen molar-refractivity contribution >= 4 is 29.0 Å². The highest BCUT2D eigenvalue weighted by Gasteiger charge is 2.17. The van der Waals surface area contributed by atoms with Crippen LogP contribution in [0.1, 0.15) is 26.3 Å². The van der Waals surface area contributed by atoms with E-state index in [-0.39, 0.29) is 11.1 Å². The largest absolute Gasteiger partial charge is 0.507 e. The molecule has 4 N–H and O–H groups in total. The Morgan fingerprint density at radius 3 is 2.50 bits per heavy atom. The lowest BCUT2D eigenvalue weighted by atomic mass is 10.1. The zero-order chi connectivity index (χ0) is 17.4. The highest BCUT2D eigenvalue weighted by atomic mass is 16.4. The molecule has 3 rings (SSSR count). The Morgan fingerprint density at radius 2 is 1.88 bits per heavy atom. The van der Waals surface area contributed by atoms with Crippen molar-refractivity contribution in [2.24, 2.45) is 0 Å². The second-order valence-electron chi connectivity index (χ2n) is 5.04. The van der Waals surface area contributed by atoms with Gasteiger partial charge in [0.25, 0.3) is 0 Å². The third-order valence-corrected chi connectivity index (χ3v) is 3.55. The molecular formula is C15H12N4O5. The molecule has 2 heterocycles. The first kappa shape index (κ1) is 15.3. The van der Waals surface area contributed by atoms with E-state index < -0.39 is 17.7 Å². The molecule has 0 saturated heterocycles. The number of hydrogen-bond acceptors (Lipinski definition) is 6. The molecule has 0 aliphatic carbocycles. The normalized spacial score (nSPS) is 10.7. The fourth-order valence-electron chi connectivity index (χ4n) is 2.39. The topological polar surface area (TPSA) is 137 Å². The highest BCUT2D eigenvalue weighted by Crippen LogP contribution is 2.28. The zero-order valence-electron chi connectivity index (χ0n) is 12.4. The molecule has 3 aromatic rings. The first-order valence-corrected chi connectivity index (χ1v) is 6.78. The van der Waals surface area contributed by atoms with Crippen molar-refractivity contribution in [3.05, 3.63) is 47.4 Å². The van der Waals surface area contributed by atoms with Gasteiger partial charge in [-0.05, 0) is 24.6 Å². The molecular weight excluding hydrogens is 316 g/mol. The Morgan fingerprint density at radius 1 is 1.17 bits per heavy atom. The second-order valence-corrected chi connectivity index (χ2v) is 5.04. The maximum absolute atomic E-state index is 11.2. The first-order chi connectivity index (χ1) is 11.4. The quantitative estimate of drug-likeness (QED) is 0.569. The molecule has 0 radical (unpaired) electrons. The number of aromatic carboxylic acids is 2. The van der Waals surface area contributed by atoms with Crippen molar-refractivity contribution in [2.75, 3.05) is 5.32 Å². The lowest BCUT2D eigenvalue weighted by Crippen LogP contribution is -2.01. The first-order valence-electron chi connectivity index (χ1n) is 6.78. The van der Waals surface area contributed by atoms with Crippen molar-refractivity contribution in [3.8, 4) is 5.75 Å². The Balaban J connectivity index is 2.06. The van der Waals surface area contributed by atoms with Crippen LogP contribution in [0.4, 0.5) is 11.5 Å². The molecule has 0 fully saturated rings. The van der Waals surface area contributed by atoms with E-state index >= 15 is 0 Å². The summed E-state index contributed by atoms with van der Waals surface area (Å²) in [6.45, 7) is 1.64. The summed E-state index contributed by atoms with van der Waals surface area (Å²) in [7, 11) is 0. The van der Waals surface area contributed by atoms with Gasteiger partial charge in [0.15, 0.2) is 5.82 Å². The van der Waals surface area contributed by atoms with Crippen molar-refractivity contribution < 1.29 is 24.9 Å². The SMILES string of the molecule is Cc1c(C(=O)O)cn2ncnc(Nc3ccc(C(=O)O)c(O)c3)c12. The zero-order valence-corrected chi connectivity index (χ0v) is 12.4. The van der Waals surface area contributed by atoms with Crippen LogP contribution in [0.25, 0.3) is 5.52 Å². The Hall–Kier alpha value is -3.62. The molecule has 9 heteroatoms. The molecule has 9 nitrogen and oxygen atoms in total. The monoisotopic (exact) mass is 328 g/mol. The summed E-state index contributed by atoms with van der Waals surface area (Å²) in [5, 5.41) is 34.8. The number of rotatable bonds is 4. The van der Waals surface area contributed by atoms with Gasteiger partial charge in [-0.3, -0.25) is 0 Å². The molecule has 0 saturated carbocycles. The van der Waals surface area contributed by atoms with Gasteiger partial charge in [0.2, 0.25) is 0 Å². The van der Waals surface area contributed by atoms with E-state index in [0.717, 1.165) is 0 Å². The van der Waals surface area contributed by atoms with E-state index in [1.54, 1.807) is 6.92 Å². The number of carbonyl (C=O) groups is 2. The molecule has 0 aliphatic heterocycles. The molecule has 2 aromatic heterocycles. The average molecular weight is 328 g/mol. The number of hydrogen-bond donors (Lipinski definition) is 4. The van der Waals surface area contributed by atoms with Gasteiger partial charge in [-0.1, -0.05) is 0 Å². The molecule has 24 heavy (non-hydrogen) atoms. The van der Waals surface area contributed by atoms with E-state index in [4.69, 9.17) is 5.11 Å². The van der Waals surface area contributed by atoms with Crippen LogP contribution in [0.5, 0.6) is 5.75 Å². The number of anilines is 2. The number of benzene rings is 1. The highest BCUT2D eigenvalue weighted by molar-refractivity contribution is 5.95. The third-order valence-electron chi connectivity index (χ3n) is 3.55. The maximum Gasteiger partial charge on any atom is 0.339 e. The summed E-state index contributed by atoms with van der Waals surface area (Å²) in [6.07, 6.45) is 2.64. The number of aromatic hydroxyl groups is 1. The minimum absolute atomic E-state index is 0.0997. The number of aryl methyl sites for hydroxylation is 1. The van der Waals surface area contributed by atoms with Gasteiger partial charge in [0, 0.05) is 18.0 Å². The van der Waals surface area contributed by atoms with Crippen LogP contribution in [-0.2, 0) is 0 Å². The number of carboxylic acid groups (broad SMARTS) is 2. The van der Waals surface area contributed by atoms with Crippen LogP contribution in [0.2, 0.25) is 0 Å². The second kappa shape index (κ2) is 5.54. The Kier molecular flexibility index (Phi) is 3.53. The van der Waals surface area contributed by atoms with Crippen molar-refractivity contribution in [1.82, 2.24) is 14.6 Å². The van der Waals surface area contributed by atoms with E-state index in [1.807, 2.05) is 0 Å². The van der Waals surface area contributed by atoms with Gasteiger partial charge in [-0.2, -0.15) is 5.10 Å². The number of carboxylic acids is 2. The summed E-state index contributed by atoms with van der Waals surface area (Å²) < 4.78 is 1.39. The van der Waals surface area contributed by atoms with Crippen LogP contribution in [0.15, 0.2) is 30.7 Å². The summed E-state index contributed by atoms with van der Waals surface area (Å²) in [5.74, 6) is -2.38. The molecule has 1 aromatic carbocycles. The summed E-state index contributed by atoms with van der Waals surface area (Å²) >= 11 is 0. The number of nitrogens with zero attached hydrogens (tertiary/aromatic N) is 3. The van der Waals surface area contributed by atoms with E-state index in [1.165, 1.54) is 35.2 Å². The van der Waals surface area contributed by atoms with Gasteiger partial charge in [0.05, 0.1) is 5.56 Å². The van der Waals surface area contributed by atoms with Crippen molar-refractivity contribution in [2.45, 2.75) is 6.92 Å². The molecule has 0 aliphatic rings. The predicted molar refractivity (Wildman–Crippen MR) is 83.0 cm³/mol. The molecule has 122 valence electrons. The van der Waals surface area contributed by atoms with Gasteiger partial charge >= 0.3 is 11.9 Å². The number of nitrogens with one attached hydrogen (secondary N) is 1. The third kappa shape index (κ3) is 2.47. The summed E-state index contributed by atoms with van der Waals surface area (Å²) in [4.78, 5) is 26.2. The fourth-order valence-corrected chi connectivity index (χ4v) is 2.39. The summed E-state index contributed by atoms with van der Waals surface area (Å²) in [5.41, 5.74) is 1.23. The average Bonchev–Trinajstić information content (AvgIpc) is 2.85. The van der Waals surface area contributed by atoms with Gasteiger partial charge in [0.1, 0.15) is 23.2 Å². The van der Waals surface area contributed by atoms with Gasteiger partial charge in [-0.25, -0.2) is 19.1 Å².